The number of pyridine rings is 1. The lowest BCUT2D eigenvalue weighted by Crippen LogP contribution is -2.20. The minimum atomic E-state index is -1.47. The van der Waals surface area contributed by atoms with Crippen molar-refractivity contribution >= 4 is 5.97 Å². The Morgan fingerprint density at radius 1 is 1.03 bits per heavy atom. The molecule has 0 aliphatic carbocycles. The topological polar surface area (TPSA) is 94.3 Å². The smallest absolute Gasteiger partial charge is 0.338 e. The van der Waals surface area contributed by atoms with Crippen molar-refractivity contribution in [3.63, 3.8) is 0 Å². The fourth-order valence-electron chi connectivity index (χ4n) is 3.41. The fourth-order valence-corrected chi connectivity index (χ4v) is 3.41. The summed E-state index contributed by atoms with van der Waals surface area (Å²) in [5.41, 5.74) is 1.41. The monoisotopic (exact) mass is 477 g/mol. The van der Waals surface area contributed by atoms with Crippen LogP contribution in [0.15, 0.2) is 71.7 Å². The first-order valence-corrected chi connectivity index (χ1v) is 10.7. The van der Waals surface area contributed by atoms with E-state index < -0.39 is 28.7 Å². The van der Waals surface area contributed by atoms with E-state index in [1.165, 1.54) is 0 Å². The number of hydrogen-bond donors (Lipinski definition) is 1. The second-order valence-corrected chi connectivity index (χ2v) is 8.18. The summed E-state index contributed by atoms with van der Waals surface area (Å²) >= 11 is 0. The van der Waals surface area contributed by atoms with E-state index in [9.17, 15) is 23.5 Å². The summed E-state index contributed by atoms with van der Waals surface area (Å²) in [5.74, 6) is -2.49. The lowest BCUT2D eigenvalue weighted by atomic mass is 10.1. The number of benzene rings is 2. The Kier molecular flexibility index (Phi) is 6.68. The van der Waals surface area contributed by atoms with Gasteiger partial charge in [-0.2, -0.15) is 10.2 Å². The van der Waals surface area contributed by atoms with Gasteiger partial charge < -0.3 is 14.4 Å². The zero-order valence-corrected chi connectivity index (χ0v) is 18.9. The van der Waals surface area contributed by atoms with E-state index in [1.807, 2.05) is 26.0 Å². The Morgan fingerprint density at radius 3 is 2.40 bits per heavy atom. The normalized spacial score (nSPS) is 11.0. The molecular weight excluding hydrogens is 456 g/mol. The van der Waals surface area contributed by atoms with Crippen molar-refractivity contribution in [2.75, 3.05) is 0 Å². The molecule has 178 valence electrons. The molecule has 0 saturated carbocycles. The molecular formula is C26H21F2N3O4. The van der Waals surface area contributed by atoms with Crippen molar-refractivity contribution in [1.82, 2.24) is 14.8 Å². The van der Waals surface area contributed by atoms with Crippen molar-refractivity contribution in [2.45, 2.75) is 26.3 Å². The highest BCUT2D eigenvalue weighted by Crippen LogP contribution is 2.30. The summed E-state index contributed by atoms with van der Waals surface area (Å²) in [7, 11) is 0. The Morgan fingerprint density at radius 2 is 1.77 bits per heavy atom. The average Bonchev–Trinajstić information content (AvgIpc) is 2.83. The highest BCUT2D eigenvalue weighted by molar-refractivity contribution is 5.88. The van der Waals surface area contributed by atoms with Gasteiger partial charge in [0.2, 0.25) is 0 Å². The molecule has 35 heavy (non-hydrogen) atoms. The summed E-state index contributed by atoms with van der Waals surface area (Å²) in [5, 5.41) is 17.8. The summed E-state index contributed by atoms with van der Waals surface area (Å²) < 4.78 is 34.9. The number of carboxylic acids is 1. The molecule has 7 nitrogen and oxygen atoms in total. The highest BCUT2D eigenvalue weighted by atomic mass is 19.1. The molecule has 0 saturated heterocycles. The fraction of sp³-hybridized carbons (Fsp3) is 0.154. The third-order valence-corrected chi connectivity index (χ3v) is 5.32. The van der Waals surface area contributed by atoms with Crippen LogP contribution in [0, 0.1) is 11.6 Å². The second-order valence-electron chi connectivity index (χ2n) is 8.18. The van der Waals surface area contributed by atoms with E-state index in [-0.39, 0.29) is 23.8 Å². The Bertz CT molecular complexity index is 1430. The van der Waals surface area contributed by atoms with Crippen LogP contribution in [0.2, 0.25) is 0 Å². The SMILES string of the molecule is CC(C)c1ccc(-c2ccc(Oc3cc(C(=O)O)c(F)cc3Cn3cc(F)ccc3=O)cc2)nn1. The van der Waals surface area contributed by atoms with E-state index >= 15 is 0 Å². The summed E-state index contributed by atoms with van der Waals surface area (Å²) in [6, 6.07) is 14.7. The molecule has 4 rings (SSSR count). The van der Waals surface area contributed by atoms with Crippen LogP contribution in [-0.4, -0.2) is 25.8 Å². The first-order chi connectivity index (χ1) is 16.7. The Hall–Kier alpha value is -4.40. The molecule has 0 spiro atoms. The number of nitrogens with zero attached hydrogens (tertiary/aromatic N) is 3. The van der Waals surface area contributed by atoms with Gasteiger partial charge >= 0.3 is 5.97 Å². The lowest BCUT2D eigenvalue weighted by molar-refractivity contribution is 0.0691. The van der Waals surface area contributed by atoms with Gasteiger partial charge in [-0.05, 0) is 60.5 Å². The quantitative estimate of drug-likeness (QED) is 0.391. The van der Waals surface area contributed by atoms with Crippen molar-refractivity contribution in [3.8, 4) is 22.8 Å². The summed E-state index contributed by atoms with van der Waals surface area (Å²) in [6.07, 6.45) is 0.982. The van der Waals surface area contributed by atoms with Gasteiger partial charge in [-0.15, -0.1) is 0 Å². The summed E-state index contributed by atoms with van der Waals surface area (Å²) in [6.45, 7) is 3.83. The van der Waals surface area contributed by atoms with Gasteiger partial charge in [-0.25, -0.2) is 13.6 Å². The summed E-state index contributed by atoms with van der Waals surface area (Å²) in [4.78, 5) is 23.5. The molecule has 0 atom stereocenters. The predicted octanol–water partition coefficient (Wildman–Crippen LogP) is 5.25. The zero-order chi connectivity index (χ0) is 25.1. The van der Waals surface area contributed by atoms with E-state index in [0.29, 0.717) is 11.4 Å². The zero-order valence-electron chi connectivity index (χ0n) is 18.9. The first-order valence-electron chi connectivity index (χ1n) is 10.7. The largest absolute Gasteiger partial charge is 0.478 e. The molecule has 0 unspecified atom stereocenters. The van der Waals surface area contributed by atoms with Crippen molar-refractivity contribution in [3.05, 3.63) is 106 Å². The van der Waals surface area contributed by atoms with Gasteiger partial charge in [-0.3, -0.25) is 4.79 Å². The molecule has 9 heteroatoms. The highest BCUT2D eigenvalue weighted by Gasteiger charge is 2.18. The number of aromatic carboxylic acids is 1. The molecule has 4 aromatic rings. The minimum Gasteiger partial charge on any atom is -0.478 e. The maximum absolute atomic E-state index is 14.4. The molecule has 0 radical (unpaired) electrons. The predicted molar refractivity (Wildman–Crippen MR) is 125 cm³/mol. The number of aromatic nitrogens is 3. The van der Waals surface area contributed by atoms with Gasteiger partial charge in [0.25, 0.3) is 5.56 Å². The molecule has 2 aromatic heterocycles. The van der Waals surface area contributed by atoms with Crippen LogP contribution in [0.3, 0.4) is 0 Å². The standard InChI is InChI=1S/C26H21F2N3O4/c1-15(2)22-8-9-23(30-29-22)16-3-6-19(7-4-16)35-24-12-20(26(33)34)21(28)11-17(24)13-31-14-18(27)5-10-25(31)32/h3-12,14-15H,13H2,1-2H3,(H,33,34). The van der Waals surface area contributed by atoms with Crippen molar-refractivity contribution < 1.29 is 23.4 Å². The molecule has 0 aliphatic heterocycles. The molecule has 0 amide bonds. The van der Waals surface area contributed by atoms with Gasteiger partial charge in [0.1, 0.15) is 23.1 Å². The number of ether oxygens (including phenoxy) is 1. The number of carboxylic acid groups (broad SMARTS) is 1. The average molecular weight is 477 g/mol. The van der Waals surface area contributed by atoms with Crippen LogP contribution in [0.5, 0.6) is 11.5 Å². The number of carbonyl (C=O) groups is 1. The van der Waals surface area contributed by atoms with Gasteiger partial charge in [-0.1, -0.05) is 13.8 Å². The maximum atomic E-state index is 14.4. The van der Waals surface area contributed by atoms with E-state index in [0.717, 1.165) is 46.3 Å². The van der Waals surface area contributed by atoms with Crippen LogP contribution < -0.4 is 10.3 Å². The van der Waals surface area contributed by atoms with Crippen LogP contribution in [0.4, 0.5) is 8.78 Å². The van der Waals surface area contributed by atoms with Gasteiger partial charge in [0.15, 0.2) is 0 Å². The first kappa shape index (κ1) is 23.7. The number of hydrogen-bond acceptors (Lipinski definition) is 5. The lowest BCUT2D eigenvalue weighted by Gasteiger charge is -2.14. The van der Waals surface area contributed by atoms with Crippen LogP contribution in [-0.2, 0) is 6.54 Å². The van der Waals surface area contributed by atoms with E-state index in [1.54, 1.807) is 24.3 Å². The molecule has 0 fully saturated rings. The van der Waals surface area contributed by atoms with Crippen LogP contribution in [0.1, 0.15) is 41.4 Å². The van der Waals surface area contributed by atoms with Crippen molar-refractivity contribution in [1.29, 1.82) is 0 Å². The Balaban J connectivity index is 1.65. The Labute approximate surface area is 199 Å². The third-order valence-electron chi connectivity index (χ3n) is 5.32. The molecule has 1 N–H and O–H groups in total. The maximum Gasteiger partial charge on any atom is 0.338 e. The minimum absolute atomic E-state index is 0.0220. The van der Waals surface area contributed by atoms with Gasteiger partial charge in [0, 0.05) is 23.4 Å². The molecule has 2 aromatic carbocycles. The molecule has 0 aliphatic rings. The van der Waals surface area contributed by atoms with Crippen LogP contribution in [0.25, 0.3) is 11.3 Å². The third kappa shape index (κ3) is 5.40. The number of halogens is 2. The van der Waals surface area contributed by atoms with Crippen LogP contribution >= 0.6 is 0 Å². The molecule has 2 heterocycles. The van der Waals surface area contributed by atoms with E-state index in [2.05, 4.69) is 10.2 Å². The van der Waals surface area contributed by atoms with Gasteiger partial charge in [0.05, 0.1) is 23.5 Å². The number of rotatable bonds is 7. The second kappa shape index (κ2) is 9.84. The van der Waals surface area contributed by atoms with E-state index in [4.69, 9.17) is 4.74 Å². The molecule has 0 bridgehead atoms. The van der Waals surface area contributed by atoms with Crippen molar-refractivity contribution in [2.24, 2.45) is 0 Å².